The Hall–Kier alpha value is -2.80. The van der Waals surface area contributed by atoms with Crippen LogP contribution in [0.4, 0.5) is 8.78 Å². The van der Waals surface area contributed by atoms with Crippen molar-refractivity contribution in [3.05, 3.63) is 71.3 Å². The van der Waals surface area contributed by atoms with Crippen LogP contribution in [0.3, 0.4) is 0 Å². The maximum Gasteiger partial charge on any atom is 0.253 e. The van der Waals surface area contributed by atoms with Crippen LogP contribution in [-0.4, -0.2) is 46.4 Å². The molecule has 5 nitrogen and oxygen atoms in total. The fraction of sp³-hybridized carbons (Fsp3) is 0.440. The molecule has 2 aliphatic rings. The van der Waals surface area contributed by atoms with Crippen LogP contribution < -0.4 is 5.32 Å². The van der Waals surface area contributed by atoms with Gasteiger partial charge in [-0.05, 0) is 47.9 Å². The van der Waals surface area contributed by atoms with Gasteiger partial charge in [0.25, 0.3) is 5.91 Å². The van der Waals surface area contributed by atoms with Crippen molar-refractivity contribution in [1.82, 2.24) is 15.1 Å². The molecule has 0 radical (unpaired) electrons. The Labute approximate surface area is 187 Å². The molecule has 7 heteroatoms. The summed E-state index contributed by atoms with van der Waals surface area (Å²) in [7, 11) is 0. The van der Waals surface area contributed by atoms with Crippen LogP contribution in [0.1, 0.15) is 49.0 Å². The molecule has 2 amide bonds. The number of hydrogen-bond donors (Lipinski definition) is 1. The molecular weight excluding hydrogens is 412 g/mol. The maximum atomic E-state index is 13.4. The predicted octanol–water partition coefficient (Wildman–Crippen LogP) is 3.94. The first-order chi connectivity index (χ1) is 15.3. The molecule has 0 unspecified atom stereocenters. The second-order valence-corrected chi connectivity index (χ2v) is 8.89. The van der Waals surface area contributed by atoms with Crippen molar-refractivity contribution in [3.8, 4) is 0 Å². The highest BCUT2D eigenvalue weighted by molar-refractivity contribution is 5.94. The summed E-state index contributed by atoms with van der Waals surface area (Å²) in [6.07, 6.45) is 2.07. The van der Waals surface area contributed by atoms with E-state index in [1.165, 1.54) is 36.4 Å². The van der Waals surface area contributed by atoms with E-state index in [0.717, 1.165) is 12.0 Å². The Kier molecular flexibility index (Phi) is 6.29. The van der Waals surface area contributed by atoms with Crippen molar-refractivity contribution >= 4 is 11.8 Å². The average molecular weight is 442 g/mol. The van der Waals surface area contributed by atoms with E-state index in [-0.39, 0.29) is 35.4 Å². The lowest BCUT2D eigenvalue weighted by atomic mass is 9.94. The number of halogens is 2. The van der Waals surface area contributed by atoms with Crippen molar-refractivity contribution in [3.63, 3.8) is 0 Å². The molecule has 2 fully saturated rings. The van der Waals surface area contributed by atoms with E-state index >= 15 is 0 Å². The number of nitrogens with one attached hydrogen (secondary N) is 1. The first-order valence-electron chi connectivity index (χ1n) is 11.2. The molecule has 1 spiro atoms. The number of carbonyl (C=O) groups excluding carboxylic acids is 2. The fourth-order valence-corrected chi connectivity index (χ4v) is 4.70. The summed E-state index contributed by atoms with van der Waals surface area (Å²) in [4.78, 5) is 29.9. The van der Waals surface area contributed by atoms with E-state index in [4.69, 9.17) is 0 Å². The van der Waals surface area contributed by atoms with Gasteiger partial charge in [-0.15, -0.1) is 0 Å². The largest absolute Gasteiger partial charge is 0.338 e. The summed E-state index contributed by atoms with van der Waals surface area (Å²) in [5, 5.41) is 3.61. The van der Waals surface area contributed by atoms with E-state index in [1.54, 1.807) is 17.0 Å². The quantitative estimate of drug-likeness (QED) is 0.765. The second-order valence-electron chi connectivity index (χ2n) is 8.89. The number of carbonyl (C=O) groups is 2. The zero-order chi connectivity index (χ0) is 22.9. The van der Waals surface area contributed by atoms with E-state index in [1.807, 2.05) is 4.90 Å². The summed E-state index contributed by atoms with van der Waals surface area (Å²) in [5.74, 6) is -0.578. The first kappa shape index (κ1) is 22.4. The lowest BCUT2D eigenvalue weighted by Crippen LogP contribution is -2.59. The topological polar surface area (TPSA) is 52.7 Å². The third-order valence-corrected chi connectivity index (χ3v) is 6.91. The van der Waals surface area contributed by atoms with Gasteiger partial charge >= 0.3 is 0 Å². The zero-order valence-electron chi connectivity index (χ0n) is 18.5. The minimum atomic E-state index is -0.543. The van der Waals surface area contributed by atoms with Crippen molar-refractivity contribution in [1.29, 1.82) is 0 Å². The molecular formula is C25H29F2N3O2. The number of rotatable bonds is 5. The number of hydrogen-bond acceptors (Lipinski definition) is 3. The summed E-state index contributed by atoms with van der Waals surface area (Å²) in [6, 6.07) is 11.5. The molecule has 0 bridgehead atoms. The van der Waals surface area contributed by atoms with Crippen LogP contribution >= 0.6 is 0 Å². The van der Waals surface area contributed by atoms with Gasteiger partial charge in [-0.1, -0.05) is 32.4 Å². The normalized spacial score (nSPS) is 21.2. The van der Waals surface area contributed by atoms with Crippen LogP contribution in [0, 0.1) is 17.6 Å². The van der Waals surface area contributed by atoms with Crippen LogP contribution in [0.15, 0.2) is 48.5 Å². The number of piperidine rings is 1. The molecule has 0 saturated carbocycles. The molecule has 2 saturated heterocycles. The highest BCUT2D eigenvalue weighted by atomic mass is 19.1. The molecule has 2 aromatic rings. The van der Waals surface area contributed by atoms with Gasteiger partial charge in [0.15, 0.2) is 0 Å². The van der Waals surface area contributed by atoms with Gasteiger partial charge in [0.2, 0.25) is 5.91 Å². The first-order valence-corrected chi connectivity index (χ1v) is 11.2. The Balaban J connectivity index is 1.53. The van der Waals surface area contributed by atoms with Crippen LogP contribution in [-0.2, 0) is 11.3 Å². The minimum Gasteiger partial charge on any atom is -0.338 e. The van der Waals surface area contributed by atoms with Crippen molar-refractivity contribution < 1.29 is 18.4 Å². The predicted molar refractivity (Wildman–Crippen MR) is 118 cm³/mol. The van der Waals surface area contributed by atoms with E-state index in [9.17, 15) is 18.4 Å². The van der Waals surface area contributed by atoms with E-state index in [0.29, 0.717) is 38.0 Å². The lowest BCUT2D eigenvalue weighted by Gasteiger charge is -2.45. The van der Waals surface area contributed by atoms with Gasteiger partial charge < -0.3 is 9.80 Å². The van der Waals surface area contributed by atoms with Gasteiger partial charge in [-0.25, -0.2) is 8.78 Å². The summed E-state index contributed by atoms with van der Waals surface area (Å²) < 4.78 is 26.6. The number of benzene rings is 2. The van der Waals surface area contributed by atoms with E-state index < -0.39 is 5.66 Å². The summed E-state index contributed by atoms with van der Waals surface area (Å²) >= 11 is 0. The lowest BCUT2D eigenvalue weighted by molar-refractivity contribution is -0.134. The zero-order valence-corrected chi connectivity index (χ0v) is 18.5. The number of nitrogens with zero attached hydrogens (tertiary/aromatic N) is 2. The minimum absolute atomic E-state index is 0.0574. The fourth-order valence-electron chi connectivity index (χ4n) is 4.70. The molecule has 2 aromatic carbocycles. The molecule has 2 aliphatic heterocycles. The van der Waals surface area contributed by atoms with Gasteiger partial charge in [0, 0.05) is 38.0 Å². The van der Waals surface area contributed by atoms with Gasteiger partial charge in [0.05, 0.1) is 11.7 Å². The molecule has 1 N–H and O–H groups in total. The Bertz CT molecular complexity index is 970. The molecule has 2 heterocycles. The summed E-state index contributed by atoms with van der Waals surface area (Å²) in [6.45, 7) is 5.51. The molecule has 0 aromatic heterocycles. The Morgan fingerprint density at radius 2 is 1.62 bits per heavy atom. The van der Waals surface area contributed by atoms with Crippen molar-refractivity contribution in [2.45, 2.75) is 51.4 Å². The number of amides is 2. The standard InChI is InChI=1S/C25H29F2N3O2/c1-3-17(2)22-24(32)30(16-18-4-8-20(26)9-5-18)25(28-22)12-14-29(15-13-25)23(31)19-6-10-21(27)11-7-19/h4-11,17,22,28H,3,12-16H2,1-2H3/t17-,22+/m0/s1. The molecule has 0 aliphatic carbocycles. The average Bonchev–Trinajstić information content (AvgIpc) is 3.06. The molecule has 170 valence electrons. The molecule has 4 rings (SSSR count). The molecule has 2 atom stereocenters. The monoisotopic (exact) mass is 441 g/mol. The van der Waals surface area contributed by atoms with Crippen LogP contribution in [0.25, 0.3) is 0 Å². The van der Waals surface area contributed by atoms with Crippen molar-refractivity contribution in [2.75, 3.05) is 13.1 Å². The van der Waals surface area contributed by atoms with Gasteiger partial charge in [-0.2, -0.15) is 0 Å². The van der Waals surface area contributed by atoms with E-state index in [2.05, 4.69) is 19.2 Å². The van der Waals surface area contributed by atoms with Crippen LogP contribution in [0.5, 0.6) is 0 Å². The number of likely N-dealkylation sites (tertiary alicyclic amines) is 1. The van der Waals surface area contributed by atoms with Gasteiger partial charge in [0.1, 0.15) is 11.6 Å². The highest BCUT2D eigenvalue weighted by Crippen LogP contribution is 2.36. The highest BCUT2D eigenvalue weighted by Gasteiger charge is 2.52. The van der Waals surface area contributed by atoms with Crippen LogP contribution in [0.2, 0.25) is 0 Å². The second kappa shape index (κ2) is 8.98. The smallest absolute Gasteiger partial charge is 0.253 e. The maximum absolute atomic E-state index is 13.4. The van der Waals surface area contributed by atoms with Crippen molar-refractivity contribution in [2.24, 2.45) is 5.92 Å². The van der Waals surface area contributed by atoms with Gasteiger partial charge in [-0.3, -0.25) is 14.9 Å². The third-order valence-electron chi connectivity index (χ3n) is 6.91. The SMILES string of the molecule is CC[C@H](C)[C@H]1NC2(CCN(C(=O)c3ccc(F)cc3)CC2)N(Cc2ccc(F)cc2)C1=O. The summed E-state index contributed by atoms with van der Waals surface area (Å²) in [5.41, 5.74) is 0.785. The molecule has 32 heavy (non-hydrogen) atoms. The third kappa shape index (κ3) is 4.26. The Morgan fingerprint density at radius 1 is 1.06 bits per heavy atom. The Morgan fingerprint density at radius 3 is 2.19 bits per heavy atom.